The summed E-state index contributed by atoms with van der Waals surface area (Å²) in [5.74, 6) is -0.323. The van der Waals surface area contributed by atoms with Crippen molar-refractivity contribution in [3.63, 3.8) is 0 Å². The van der Waals surface area contributed by atoms with Gasteiger partial charge in [-0.2, -0.15) is 0 Å². The van der Waals surface area contributed by atoms with Gasteiger partial charge in [0.05, 0.1) is 10.6 Å². The number of rotatable bonds is 5. The Bertz CT molecular complexity index is 1110. The molecule has 0 saturated carbocycles. The Labute approximate surface area is 169 Å². The summed E-state index contributed by atoms with van der Waals surface area (Å²) in [6.07, 6.45) is 0. The van der Waals surface area contributed by atoms with Crippen LogP contribution in [0.3, 0.4) is 0 Å². The predicted octanol–water partition coefficient (Wildman–Crippen LogP) is 5.01. The molecule has 0 aliphatic carbocycles. The Morgan fingerprint density at radius 1 is 0.893 bits per heavy atom. The largest absolute Gasteiger partial charge is 0.322 e. The van der Waals surface area contributed by atoms with E-state index >= 15 is 0 Å². The maximum atomic E-state index is 12.6. The molecule has 0 atom stereocenters. The van der Waals surface area contributed by atoms with Gasteiger partial charge in [-0.3, -0.25) is 9.52 Å². The molecule has 5 nitrogen and oxygen atoms in total. The number of nitrogens with one attached hydrogen (secondary N) is 2. The van der Waals surface area contributed by atoms with Crippen LogP contribution in [0.1, 0.15) is 21.5 Å². The van der Waals surface area contributed by atoms with Crippen LogP contribution in [0.25, 0.3) is 0 Å². The Morgan fingerprint density at radius 2 is 1.54 bits per heavy atom. The van der Waals surface area contributed by atoms with Crippen LogP contribution in [0, 0.1) is 13.8 Å². The number of benzene rings is 3. The number of carbonyl (C=O) groups excluding carboxylic acids is 1. The second kappa shape index (κ2) is 8.04. The van der Waals surface area contributed by atoms with E-state index < -0.39 is 10.0 Å². The van der Waals surface area contributed by atoms with Crippen LogP contribution >= 0.6 is 11.6 Å². The lowest BCUT2D eigenvalue weighted by molar-refractivity contribution is 0.102. The van der Waals surface area contributed by atoms with Gasteiger partial charge in [0.1, 0.15) is 0 Å². The molecule has 3 aromatic rings. The first-order valence-corrected chi connectivity index (χ1v) is 10.4. The highest BCUT2D eigenvalue weighted by Crippen LogP contribution is 2.23. The number of halogens is 1. The van der Waals surface area contributed by atoms with Crippen LogP contribution in [0.15, 0.2) is 71.6 Å². The molecule has 7 heteroatoms. The highest BCUT2D eigenvalue weighted by atomic mass is 35.5. The molecule has 28 heavy (non-hydrogen) atoms. The van der Waals surface area contributed by atoms with Crippen molar-refractivity contribution >= 4 is 38.9 Å². The van der Waals surface area contributed by atoms with E-state index in [2.05, 4.69) is 10.0 Å². The number of sulfonamides is 1. The van der Waals surface area contributed by atoms with Crippen molar-refractivity contribution in [3.05, 3.63) is 88.4 Å². The van der Waals surface area contributed by atoms with Gasteiger partial charge >= 0.3 is 0 Å². The van der Waals surface area contributed by atoms with Gasteiger partial charge in [0.2, 0.25) is 0 Å². The molecule has 0 saturated heterocycles. The van der Waals surface area contributed by atoms with Crippen LogP contribution in [0.4, 0.5) is 11.4 Å². The normalized spacial score (nSPS) is 11.1. The van der Waals surface area contributed by atoms with Crippen molar-refractivity contribution in [1.29, 1.82) is 0 Å². The van der Waals surface area contributed by atoms with Crippen LogP contribution in [0.5, 0.6) is 0 Å². The summed E-state index contributed by atoms with van der Waals surface area (Å²) in [4.78, 5) is 12.6. The molecule has 0 radical (unpaired) electrons. The predicted molar refractivity (Wildman–Crippen MR) is 113 cm³/mol. The quantitative estimate of drug-likeness (QED) is 0.616. The molecule has 0 bridgehead atoms. The fraction of sp³-hybridized carbons (Fsp3) is 0.0952. The SMILES string of the molecule is Cc1ccc(NC(=O)c2ccc(C)c(NS(=O)(=O)c3ccc(Cl)cc3)c2)cc1. The third kappa shape index (κ3) is 4.71. The third-order valence-electron chi connectivity index (χ3n) is 4.18. The summed E-state index contributed by atoms with van der Waals surface area (Å²) in [5.41, 5.74) is 3.14. The maximum Gasteiger partial charge on any atom is 0.261 e. The lowest BCUT2D eigenvalue weighted by Gasteiger charge is -2.13. The fourth-order valence-corrected chi connectivity index (χ4v) is 3.78. The second-order valence-corrected chi connectivity index (χ2v) is 8.53. The fourth-order valence-electron chi connectivity index (χ4n) is 2.53. The van der Waals surface area contributed by atoms with E-state index in [-0.39, 0.29) is 10.8 Å². The van der Waals surface area contributed by atoms with Gasteiger partial charge in [0.25, 0.3) is 15.9 Å². The van der Waals surface area contributed by atoms with Gasteiger partial charge < -0.3 is 5.32 Å². The van der Waals surface area contributed by atoms with Gasteiger partial charge in [0.15, 0.2) is 0 Å². The minimum Gasteiger partial charge on any atom is -0.322 e. The molecular weight excluding hydrogens is 396 g/mol. The van der Waals surface area contributed by atoms with Crippen molar-refractivity contribution < 1.29 is 13.2 Å². The number of amides is 1. The molecule has 144 valence electrons. The van der Waals surface area contributed by atoms with E-state index in [0.29, 0.717) is 27.5 Å². The van der Waals surface area contributed by atoms with E-state index in [9.17, 15) is 13.2 Å². The average molecular weight is 415 g/mol. The molecule has 0 spiro atoms. The number of hydrogen-bond acceptors (Lipinski definition) is 3. The van der Waals surface area contributed by atoms with Crippen LogP contribution in [0.2, 0.25) is 5.02 Å². The molecule has 0 aliphatic rings. The monoisotopic (exact) mass is 414 g/mol. The molecule has 0 aliphatic heterocycles. The minimum absolute atomic E-state index is 0.0887. The smallest absolute Gasteiger partial charge is 0.261 e. The molecule has 0 heterocycles. The third-order valence-corrected chi connectivity index (χ3v) is 5.81. The summed E-state index contributed by atoms with van der Waals surface area (Å²) < 4.78 is 27.8. The van der Waals surface area contributed by atoms with Gasteiger partial charge in [-0.1, -0.05) is 35.4 Å². The van der Waals surface area contributed by atoms with Gasteiger partial charge in [-0.05, 0) is 67.9 Å². The second-order valence-electron chi connectivity index (χ2n) is 6.41. The first-order chi connectivity index (χ1) is 13.2. The van der Waals surface area contributed by atoms with Crippen LogP contribution in [-0.4, -0.2) is 14.3 Å². The van der Waals surface area contributed by atoms with E-state index in [0.717, 1.165) is 5.56 Å². The number of hydrogen-bond donors (Lipinski definition) is 2. The standard InChI is InChI=1S/C21H19ClN2O3S/c1-14-3-9-18(10-4-14)23-21(25)16-6-5-15(2)20(13-16)24-28(26,27)19-11-7-17(22)8-12-19/h3-13,24H,1-2H3,(H,23,25). The molecular formula is C21H19ClN2O3S. The van der Waals surface area contributed by atoms with Crippen molar-refractivity contribution in [1.82, 2.24) is 0 Å². The summed E-state index contributed by atoms with van der Waals surface area (Å²) in [5, 5.41) is 3.25. The van der Waals surface area contributed by atoms with Crippen molar-refractivity contribution in [2.45, 2.75) is 18.7 Å². The average Bonchev–Trinajstić information content (AvgIpc) is 2.65. The molecule has 2 N–H and O–H groups in total. The van der Waals surface area contributed by atoms with Crippen molar-refractivity contribution in [2.24, 2.45) is 0 Å². The Morgan fingerprint density at radius 3 is 2.18 bits per heavy atom. The summed E-state index contributed by atoms with van der Waals surface area (Å²) in [7, 11) is -3.80. The molecule has 3 rings (SSSR count). The molecule has 0 fully saturated rings. The number of aryl methyl sites for hydroxylation is 2. The van der Waals surface area contributed by atoms with E-state index in [1.54, 1.807) is 19.1 Å². The summed E-state index contributed by atoms with van der Waals surface area (Å²) >= 11 is 5.82. The molecule has 0 aromatic heterocycles. The van der Waals surface area contributed by atoms with Crippen LogP contribution < -0.4 is 10.0 Å². The summed E-state index contributed by atoms with van der Waals surface area (Å²) in [6, 6.07) is 18.2. The summed E-state index contributed by atoms with van der Waals surface area (Å²) in [6.45, 7) is 3.73. The lowest BCUT2D eigenvalue weighted by Crippen LogP contribution is -2.16. The highest BCUT2D eigenvalue weighted by Gasteiger charge is 2.17. The molecule has 3 aromatic carbocycles. The van der Waals surface area contributed by atoms with E-state index in [4.69, 9.17) is 11.6 Å². The first-order valence-electron chi connectivity index (χ1n) is 8.52. The highest BCUT2D eigenvalue weighted by molar-refractivity contribution is 7.92. The zero-order valence-electron chi connectivity index (χ0n) is 15.4. The maximum absolute atomic E-state index is 12.6. The van der Waals surface area contributed by atoms with Crippen LogP contribution in [-0.2, 0) is 10.0 Å². The Hall–Kier alpha value is -2.83. The minimum atomic E-state index is -3.80. The topological polar surface area (TPSA) is 75.3 Å². The zero-order valence-corrected chi connectivity index (χ0v) is 16.9. The number of anilines is 2. The number of carbonyl (C=O) groups is 1. The van der Waals surface area contributed by atoms with Gasteiger partial charge in [-0.25, -0.2) is 8.42 Å². The Balaban J connectivity index is 1.83. The van der Waals surface area contributed by atoms with Crippen molar-refractivity contribution in [3.8, 4) is 0 Å². The van der Waals surface area contributed by atoms with E-state index in [1.807, 2.05) is 31.2 Å². The van der Waals surface area contributed by atoms with Crippen molar-refractivity contribution in [2.75, 3.05) is 10.0 Å². The zero-order chi connectivity index (χ0) is 20.3. The molecule has 1 amide bonds. The molecule has 0 unspecified atom stereocenters. The van der Waals surface area contributed by atoms with Gasteiger partial charge in [-0.15, -0.1) is 0 Å². The first kappa shape index (κ1) is 19.9. The lowest BCUT2D eigenvalue weighted by atomic mass is 10.1. The van der Waals surface area contributed by atoms with Gasteiger partial charge in [0, 0.05) is 16.3 Å². The van der Waals surface area contributed by atoms with E-state index in [1.165, 1.54) is 30.3 Å². The Kier molecular flexibility index (Phi) is 5.72.